The van der Waals surface area contributed by atoms with Gasteiger partial charge in [0.2, 0.25) is 5.76 Å². The molecule has 0 N–H and O–H groups in total. The summed E-state index contributed by atoms with van der Waals surface area (Å²) in [6.45, 7) is -0.480. The Hall–Kier alpha value is -3.12. The molecule has 132 valence electrons. The first-order valence-corrected chi connectivity index (χ1v) is 8.05. The van der Waals surface area contributed by atoms with E-state index in [1.54, 1.807) is 37.4 Å². The van der Waals surface area contributed by atoms with E-state index < -0.39 is 23.9 Å². The number of esters is 1. The van der Waals surface area contributed by atoms with Crippen LogP contribution in [0.2, 0.25) is 5.02 Å². The van der Waals surface area contributed by atoms with Gasteiger partial charge in [-0.05, 0) is 30.3 Å². The average molecular weight is 372 g/mol. The quantitative estimate of drug-likeness (QED) is 0.658. The summed E-state index contributed by atoms with van der Waals surface area (Å²) in [7, 11) is 1.57. The predicted molar refractivity (Wildman–Crippen MR) is 97.6 cm³/mol. The molecule has 0 unspecified atom stereocenters. The van der Waals surface area contributed by atoms with Crippen LogP contribution in [0.15, 0.2) is 63.8 Å². The van der Waals surface area contributed by atoms with E-state index in [-0.39, 0.29) is 16.7 Å². The van der Waals surface area contributed by atoms with Crippen LogP contribution in [-0.2, 0) is 9.53 Å². The second-order valence-corrected chi connectivity index (χ2v) is 5.92. The fourth-order valence-corrected chi connectivity index (χ4v) is 2.49. The molecule has 0 atom stereocenters. The maximum Gasteiger partial charge on any atom is 0.374 e. The zero-order valence-corrected chi connectivity index (χ0v) is 14.5. The van der Waals surface area contributed by atoms with Crippen LogP contribution in [0.5, 0.6) is 0 Å². The molecule has 2 aromatic carbocycles. The molecule has 0 saturated heterocycles. The Kier molecular flexibility index (Phi) is 5.04. The smallest absolute Gasteiger partial charge is 0.374 e. The van der Waals surface area contributed by atoms with Gasteiger partial charge in [0.1, 0.15) is 5.58 Å². The number of halogens is 1. The summed E-state index contributed by atoms with van der Waals surface area (Å²) in [6.07, 6.45) is 0. The van der Waals surface area contributed by atoms with E-state index in [9.17, 15) is 14.4 Å². The fraction of sp³-hybridized carbons (Fsp3) is 0.105. The maximum atomic E-state index is 12.1. The standard InChI is InChI=1S/C19H14ClNO5/c1-21(13-5-3-2-4-6-13)18(23)11-25-19(24)17-10-15(22)14-9-12(20)7-8-16(14)26-17/h2-10H,11H2,1H3. The van der Waals surface area contributed by atoms with Crippen LogP contribution < -0.4 is 10.3 Å². The largest absolute Gasteiger partial charge is 0.450 e. The van der Waals surface area contributed by atoms with E-state index in [0.29, 0.717) is 10.7 Å². The summed E-state index contributed by atoms with van der Waals surface area (Å²) in [5.74, 6) is -1.59. The van der Waals surface area contributed by atoms with Gasteiger partial charge in [-0.2, -0.15) is 0 Å². The van der Waals surface area contributed by atoms with Crippen LogP contribution in [-0.4, -0.2) is 25.5 Å². The van der Waals surface area contributed by atoms with Crippen molar-refractivity contribution >= 4 is 40.1 Å². The van der Waals surface area contributed by atoms with Crippen LogP contribution >= 0.6 is 11.6 Å². The number of likely N-dealkylation sites (N-methyl/N-ethyl adjacent to an activating group) is 1. The summed E-state index contributed by atoms with van der Waals surface area (Å²) in [5, 5.41) is 0.642. The van der Waals surface area contributed by atoms with Crippen molar-refractivity contribution in [3.8, 4) is 0 Å². The van der Waals surface area contributed by atoms with Gasteiger partial charge in [-0.1, -0.05) is 29.8 Å². The van der Waals surface area contributed by atoms with Gasteiger partial charge in [-0.25, -0.2) is 4.79 Å². The molecule has 0 aliphatic carbocycles. The Balaban J connectivity index is 1.72. The number of carbonyl (C=O) groups excluding carboxylic acids is 2. The molecule has 3 aromatic rings. The Labute approximate surface area is 153 Å². The molecule has 0 bridgehead atoms. The summed E-state index contributed by atoms with van der Waals surface area (Å²) < 4.78 is 10.4. The number of nitrogens with zero attached hydrogens (tertiary/aromatic N) is 1. The number of amides is 1. The van der Waals surface area contributed by atoms with Crippen molar-refractivity contribution < 1.29 is 18.7 Å². The number of benzene rings is 2. The number of ether oxygens (including phenoxy) is 1. The fourth-order valence-electron chi connectivity index (χ4n) is 2.32. The minimum atomic E-state index is -0.895. The molecule has 1 heterocycles. The molecule has 0 spiro atoms. The van der Waals surface area contributed by atoms with Crippen molar-refractivity contribution in [2.45, 2.75) is 0 Å². The Morgan fingerprint density at radius 1 is 1.12 bits per heavy atom. The molecular weight excluding hydrogens is 358 g/mol. The predicted octanol–water partition coefficient (Wildman–Crippen LogP) is 3.27. The third-order valence-corrected chi connectivity index (χ3v) is 3.97. The van der Waals surface area contributed by atoms with Gasteiger partial charge < -0.3 is 14.1 Å². The molecule has 26 heavy (non-hydrogen) atoms. The van der Waals surface area contributed by atoms with E-state index in [1.165, 1.54) is 17.0 Å². The van der Waals surface area contributed by atoms with Crippen LogP contribution in [0.4, 0.5) is 5.69 Å². The van der Waals surface area contributed by atoms with Gasteiger partial charge in [0.25, 0.3) is 5.91 Å². The zero-order chi connectivity index (χ0) is 18.7. The van der Waals surface area contributed by atoms with Crippen molar-refractivity contribution in [3.63, 3.8) is 0 Å². The molecular formula is C19H14ClNO5. The molecule has 1 amide bonds. The normalized spacial score (nSPS) is 10.5. The third kappa shape index (κ3) is 3.75. The van der Waals surface area contributed by atoms with Gasteiger partial charge in [-0.3, -0.25) is 9.59 Å². The lowest BCUT2D eigenvalue weighted by Crippen LogP contribution is -2.31. The summed E-state index contributed by atoms with van der Waals surface area (Å²) >= 11 is 5.84. The van der Waals surface area contributed by atoms with Crippen LogP contribution in [0.1, 0.15) is 10.6 Å². The minimum absolute atomic E-state index is 0.210. The minimum Gasteiger partial charge on any atom is -0.450 e. The highest BCUT2D eigenvalue weighted by Gasteiger charge is 2.18. The number of para-hydroxylation sites is 1. The number of anilines is 1. The average Bonchev–Trinajstić information content (AvgIpc) is 2.66. The Bertz CT molecular complexity index is 1030. The van der Waals surface area contributed by atoms with Crippen molar-refractivity contribution in [2.24, 2.45) is 0 Å². The second kappa shape index (κ2) is 7.41. The third-order valence-electron chi connectivity index (χ3n) is 3.73. The lowest BCUT2D eigenvalue weighted by Gasteiger charge is -2.16. The van der Waals surface area contributed by atoms with Gasteiger partial charge in [0, 0.05) is 23.8 Å². The lowest BCUT2D eigenvalue weighted by atomic mass is 10.2. The summed E-state index contributed by atoms with van der Waals surface area (Å²) in [5.41, 5.74) is 0.456. The van der Waals surface area contributed by atoms with Crippen LogP contribution in [0.3, 0.4) is 0 Å². The van der Waals surface area contributed by atoms with Gasteiger partial charge in [-0.15, -0.1) is 0 Å². The second-order valence-electron chi connectivity index (χ2n) is 5.48. The van der Waals surface area contributed by atoms with E-state index >= 15 is 0 Å². The lowest BCUT2D eigenvalue weighted by molar-refractivity contribution is -0.121. The monoisotopic (exact) mass is 371 g/mol. The molecule has 1 aromatic heterocycles. The summed E-state index contributed by atoms with van der Waals surface area (Å²) in [4.78, 5) is 37.7. The van der Waals surface area contributed by atoms with Crippen molar-refractivity contribution in [2.75, 3.05) is 18.6 Å². The maximum absolute atomic E-state index is 12.1. The number of carbonyl (C=O) groups is 2. The molecule has 7 heteroatoms. The SMILES string of the molecule is CN(C(=O)COC(=O)c1cc(=O)c2cc(Cl)ccc2o1)c1ccccc1. The number of rotatable bonds is 4. The van der Waals surface area contributed by atoms with Gasteiger partial charge in [0.15, 0.2) is 12.0 Å². The Morgan fingerprint density at radius 3 is 2.58 bits per heavy atom. The molecule has 0 aliphatic rings. The van der Waals surface area contributed by atoms with E-state index in [1.807, 2.05) is 6.07 Å². The van der Waals surface area contributed by atoms with Gasteiger partial charge >= 0.3 is 5.97 Å². The van der Waals surface area contributed by atoms with Crippen molar-refractivity contribution in [1.29, 1.82) is 0 Å². The molecule has 0 saturated carbocycles. The summed E-state index contributed by atoms with van der Waals surface area (Å²) in [6, 6.07) is 14.4. The number of hydrogen-bond donors (Lipinski definition) is 0. The van der Waals surface area contributed by atoms with Crippen LogP contribution in [0.25, 0.3) is 11.0 Å². The topological polar surface area (TPSA) is 76.8 Å². The first kappa shape index (κ1) is 17.7. The molecule has 0 fully saturated rings. The molecule has 0 aliphatic heterocycles. The van der Waals surface area contributed by atoms with E-state index in [0.717, 1.165) is 6.07 Å². The molecule has 0 radical (unpaired) electrons. The first-order valence-electron chi connectivity index (χ1n) is 7.68. The highest BCUT2D eigenvalue weighted by Crippen LogP contribution is 2.18. The van der Waals surface area contributed by atoms with Crippen molar-refractivity contribution in [3.05, 3.63) is 75.6 Å². The molecule has 3 rings (SSSR count). The number of hydrogen-bond acceptors (Lipinski definition) is 5. The Morgan fingerprint density at radius 2 is 1.85 bits per heavy atom. The van der Waals surface area contributed by atoms with Crippen LogP contribution in [0, 0.1) is 0 Å². The molecule has 6 nitrogen and oxygen atoms in total. The van der Waals surface area contributed by atoms with Crippen molar-refractivity contribution in [1.82, 2.24) is 0 Å². The van der Waals surface area contributed by atoms with E-state index in [2.05, 4.69) is 0 Å². The highest BCUT2D eigenvalue weighted by atomic mass is 35.5. The highest BCUT2D eigenvalue weighted by molar-refractivity contribution is 6.31. The number of fused-ring (bicyclic) bond motifs is 1. The van der Waals surface area contributed by atoms with Gasteiger partial charge in [0.05, 0.1) is 5.39 Å². The first-order chi connectivity index (χ1) is 12.5. The van der Waals surface area contributed by atoms with E-state index in [4.69, 9.17) is 20.8 Å². The zero-order valence-electron chi connectivity index (χ0n) is 13.8.